The Kier molecular flexibility index (Phi) is 6.72. The Morgan fingerprint density at radius 2 is 1.91 bits per heavy atom. The molecule has 0 aliphatic carbocycles. The lowest BCUT2D eigenvalue weighted by Gasteiger charge is -2.19. The molecule has 0 aliphatic heterocycles. The van der Waals surface area contributed by atoms with Crippen molar-refractivity contribution in [1.82, 2.24) is 4.90 Å². The molecule has 0 fully saturated rings. The molecule has 1 aromatic carbocycles. The van der Waals surface area contributed by atoms with Crippen molar-refractivity contribution in [3.8, 4) is 11.5 Å². The zero-order valence-corrected chi connectivity index (χ0v) is 13.6. The molecular formula is C16H23NO5. The molecule has 1 unspecified atom stereocenters. The summed E-state index contributed by atoms with van der Waals surface area (Å²) in [5, 5.41) is 9.15. The van der Waals surface area contributed by atoms with Gasteiger partial charge >= 0.3 is 5.97 Å². The van der Waals surface area contributed by atoms with Gasteiger partial charge in [0.1, 0.15) is 6.61 Å². The van der Waals surface area contributed by atoms with E-state index in [1.807, 2.05) is 20.2 Å². The molecule has 1 rings (SSSR count). The van der Waals surface area contributed by atoms with Gasteiger partial charge in [0.2, 0.25) is 0 Å². The summed E-state index contributed by atoms with van der Waals surface area (Å²) in [4.78, 5) is 13.6. The monoisotopic (exact) mass is 309 g/mol. The SMILES string of the molecule is COc1ccc(C(=CC(=O)OCC(C)O)N(C)C)cc1OC. The molecule has 1 aromatic rings. The van der Waals surface area contributed by atoms with Crippen LogP contribution in [0.25, 0.3) is 5.70 Å². The van der Waals surface area contributed by atoms with E-state index >= 15 is 0 Å². The van der Waals surface area contributed by atoms with Gasteiger partial charge in [-0.1, -0.05) is 0 Å². The zero-order valence-electron chi connectivity index (χ0n) is 13.6. The summed E-state index contributed by atoms with van der Waals surface area (Å²) < 4.78 is 15.4. The van der Waals surface area contributed by atoms with Gasteiger partial charge in [-0.15, -0.1) is 0 Å². The van der Waals surface area contributed by atoms with Crippen LogP contribution in [0.5, 0.6) is 11.5 Å². The van der Waals surface area contributed by atoms with Gasteiger partial charge in [-0.25, -0.2) is 4.79 Å². The predicted octanol–water partition coefficient (Wildman–Crippen LogP) is 1.53. The molecular weight excluding hydrogens is 286 g/mol. The molecule has 0 spiro atoms. The van der Waals surface area contributed by atoms with Gasteiger partial charge in [0.25, 0.3) is 0 Å². The number of esters is 1. The lowest BCUT2D eigenvalue weighted by Crippen LogP contribution is -2.16. The van der Waals surface area contributed by atoms with Gasteiger partial charge in [0, 0.05) is 25.7 Å². The Morgan fingerprint density at radius 1 is 1.27 bits per heavy atom. The number of hydrogen-bond donors (Lipinski definition) is 1. The normalized spacial score (nSPS) is 12.5. The summed E-state index contributed by atoms with van der Waals surface area (Å²) in [5.41, 5.74) is 1.45. The molecule has 1 atom stereocenters. The second-order valence-corrected chi connectivity index (χ2v) is 4.97. The highest BCUT2D eigenvalue weighted by molar-refractivity contribution is 5.91. The Labute approximate surface area is 130 Å². The third kappa shape index (κ3) is 4.96. The highest BCUT2D eigenvalue weighted by Gasteiger charge is 2.12. The highest BCUT2D eigenvalue weighted by atomic mass is 16.5. The van der Waals surface area contributed by atoms with Crippen LogP contribution in [0.1, 0.15) is 12.5 Å². The number of carbonyl (C=O) groups is 1. The van der Waals surface area contributed by atoms with Crippen LogP contribution < -0.4 is 9.47 Å². The zero-order chi connectivity index (χ0) is 16.7. The summed E-state index contributed by atoms with van der Waals surface area (Å²) in [6.45, 7) is 1.51. The van der Waals surface area contributed by atoms with Crippen molar-refractivity contribution >= 4 is 11.7 Å². The van der Waals surface area contributed by atoms with E-state index in [2.05, 4.69) is 0 Å². The molecule has 1 N–H and O–H groups in total. The van der Waals surface area contributed by atoms with Gasteiger partial charge in [0.05, 0.1) is 26.0 Å². The molecule has 0 bridgehead atoms. The van der Waals surface area contributed by atoms with Gasteiger partial charge in [-0.2, -0.15) is 0 Å². The summed E-state index contributed by atoms with van der Waals surface area (Å²) in [7, 11) is 6.76. The smallest absolute Gasteiger partial charge is 0.332 e. The van der Waals surface area contributed by atoms with Crippen molar-refractivity contribution in [3.05, 3.63) is 29.8 Å². The first-order chi connectivity index (χ1) is 10.4. The highest BCUT2D eigenvalue weighted by Crippen LogP contribution is 2.30. The van der Waals surface area contributed by atoms with Crippen LogP contribution in [0.2, 0.25) is 0 Å². The van der Waals surface area contributed by atoms with Crippen LogP contribution in [0.3, 0.4) is 0 Å². The molecule has 0 amide bonds. The molecule has 0 heterocycles. The molecule has 22 heavy (non-hydrogen) atoms. The summed E-state index contributed by atoms with van der Waals surface area (Å²) in [6, 6.07) is 5.38. The van der Waals surface area contributed by atoms with Gasteiger partial charge in [-0.3, -0.25) is 0 Å². The van der Waals surface area contributed by atoms with Crippen molar-refractivity contribution < 1.29 is 24.1 Å². The van der Waals surface area contributed by atoms with Gasteiger partial charge in [-0.05, 0) is 25.1 Å². The van der Waals surface area contributed by atoms with Crippen LogP contribution in [-0.2, 0) is 9.53 Å². The molecule has 6 nitrogen and oxygen atoms in total. The third-order valence-corrected chi connectivity index (χ3v) is 2.88. The number of ether oxygens (including phenoxy) is 3. The molecule has 0 radical (unpaired) electrons. The minimum Gasteiger partial charge on any atom is -0.493 e. The second-order valence-electron chi connectivity index (χ2n) is 4.97. The topological polar surface area (TPSA) is 68.2 Å². The standard InChI is InChI=1S/C16H23NO5/c1-11(18)10-22-16(19)9-13(17(2)3)12-6-7-14(20-4)15(8-12)21-5/h6-9,11,18H,10H2,1-5H3. The molecule has 0 saturated carbocycles. The van der Waals surface area contributed by atoms with E-state index in [0.717, 1.165) is 5.56 Å². The number of aliphatic hydroxyl groups excluding tert-OH is 1. The number of benzene rings is 1. The largest absolute Gasteiger partial charge is 0.493 e. The summed E-state index contributed by atoms with van der Waals surface area (Å²) in [6.07, 6.45) is 0.685. The maximum absolute atomic E-state index is 11.8. The molecule has 0 saturated heterocycles. The quantitative estimate of drug-likeness (QED) is 0.608. The van der Waals surface area contributed by atoms with Crippen molar-refractivity contribution in [1.29, 1.82) is 0 Å². The van der Waals surface area contributed by atoms with Crippen molar-refractivity contribution in [2.75, 3.05) is 34.9 Å². The number of hydrogen-bond acceptors (Lipinski definition) is 6. The minimum absolute atomic E-state index is 0.0397. The average molecular weight is 309 g/mol. The minimum atomic E-state index is -0.693. The van der Waals surface area contributed by atoms with E-state index in [4.69, 9.17) is 19.3 Å². The van der Waals surface area contributed by atoms with Gasteiger partial charge < -0.3 is 24.2 Å². The van der Waals surface area contributed by atoms with Gasteiger partial charge in [0.15, 0.2) is 11.5 Å². The number of aliphatic hydroxyl groups is 1. The lowest BCUT2D eigenvalue weighted by atomic mass is 10.1. The third-order valence-electron chi connectivity index (χ3n) is 2.88. The molecule has 6 heteroatoms. The average Bonchev–Trinajstić information content (AvgIpc) is 2.49. The van der Waals surface area contributed by atoms with Crippen LogP contribution in [0, 0.1) is 0 Å². The number of methoxy groups -OCH3 is 2. The number of carbonyl (C=O) groups excluding carboxylic acids is 1. The second kappa shape index (κ2) is 8.29. The fraction of sp³-hybridized carbons (Fsp3) is 0.438. The first-order valence-electron chi connectivity index (χ1n) is 6.85. The summed E-state index contributed by atoms with van der Waals surface area (Å²) >= 11 is 0. The van der Waals surface area contributed by atoms with Crippen molar-refractivity contribution in [2.24, 2.45) is 0 Å². The molecule has 0 aliphatic rings. The predicted molar refractivity (Wildman–Crippen MR) is 83.8 cm³/mol. The molecule has 0 aromatic heterocycles. The van der Waals surface area contributed by atoms with E-state index < -0.39 is 12.1 Å². The molecule has 122 valence electrons. The lowest BCUT2D eigenvalue weighted by molar-refractivity contribution is -0.140. The van der Waals surface area contributed by atoms with Crippen LogP contribution in [-0.4, -0.2) is 57.0 Å². The van der Waals surface area contributed by atoms with Crippen LogP contribution in [0.15, 0.2) is 24.3 Å². The fourth-order valence-corrected chi connectivity index (χ4v) is 1.82. The van der Waals surface area contributed by atoms with Crippen LogP contribution in [0.4, 0.5) is 0 Å². The van der Waals surface area contributed by atoms with Crippen LogP contribution >= 0.6 is 0 Å². The Hall–Kier alpha value is -2.21. The van der Waals surface area contributed by atoms with E-state index in [1.54, 1.807) is 38.2 Å². The van der Waals surface area contributed by atoms with Crippen molar-refractivity contribution in [2.45, 2.75) is 13.0 Å². The Balaban J connectivity index is 3.07. The first kappa shape index (κ1) is 17.8. The number of rotatable bonds is 7. The van der Waals surface area contributed by atoms with E-state index in [0.29, 0.717) is 17.2 Å². The fourth-order valence-electron chi connectivity index (χ4n) is 1.82. The van der Waals surface area contributed by atoms with E-state index in [1.165, 1.54) is 6.08 Å². The van der Waals surface area contributed by atoms with E-state index in [9.17, 15) is 4.79 Å². The maximum Gasteiger partial charge on any atom is 0.332 e. The summed E-state index contributed by atoms with van der Waals surface area (Å²) in [5.74, 6) is 0.672. The van der Waals surface area contributed by atoms with Crippen molar-refractivity contribution in [3.63, 3.8) is 0 Å². The Morgan fingerprint density at radius 3 is 2.41 bits per heavy atom. The first-order valence-corrected chi connectivity index (χ1v) is 6.85. The number of nitrogens with zero attached hydrogens (tertiary/aromatic N) is 1. The maximum atomic E-state index is 11.8. The Bertz CT molecular complexity index is 537. The van der Waals surface area contributed by atoms with E-state index in [-0.39, 0.29) is 6.61 Å².